The highest BCUT2D eigenvalue weighted by Crippen LogP contribution is 2.30. The third-order valence-corrected chi connectivity index (χ3v) is 4.46. The first-order chi connectivity index (χ1) is 11.8. The van der Waals surface area contributed by atoms with Gasteiger partial charge in [0.05, 0.1) is 0 Å². The maximum absolute atomic E-state index is 2.26. The van der Waals surface area contributed by atoms with E-state index in [4.69, 9.17) is 0 Å². The van der Waals surface area contributed by atoms with Gasteiger partial charge in [0.2, 0.25) is 0 Å². The number of benzene rings is 4. The molecule has 0 N–H and O–H groups in total. The molecule has 0 atom stereocenters. The molecule has 1 heteroatoms. The molecule has 0 unspecified atom stereocenters. The highest BCUT2D eigenvalue weighted by molar-refractivity contribution is 5.87. The standard InChI is InChI=1S/C23H19N/c1-24(22-11-3-2-4-12-22)23-13-7-10-20(17-23)21-15-14-18-8-5-6-9-19(18)16-21/h2-17H,1H3. The second-order valence-electron chi connectivity index (χ2n) is 6.01. The normalized spacial score (nSPS) is 10.7. The molecule has 0 fully saturated rings. The van der Waals surface area contributed by atoms with Crippen molar-refractivity contribution in [3.63, 3.8) is 0 Å². The molecule has 1 nitrogen and oxygen atoms in total. The molecule has 0 aromatic heterocycles. The summed E-state index contributed by atoms with van der Waals surface area (Å²) in [5, 5.41) is 2.55. The zero-order valence-corrected chi connectivity index (χ0v) is 13.7. The van der Waals surface area contributed by atoms with Gasteiger partial charge in [0.1, 0.15) is 0 Å². The molecule has 116 valence electrons. The van der Waals surface area contributed by atoms with Gasteiger partial charge in [-0.2, -0.15) is 0 Å². The first-order valence-electron chi connectivity index (χ1n) is 8.19. The predicted octanol–water partition coefficient (Wildman–Crippen LogP) is 6.27. The predicted molar refractivity (Wildman–Crippen MR) is 104 cm³/mol. The van der Waals surface area contributed by atoms with Gasteiger partial charge >= 0.3 is 0 Å². The van der Waals surface area contributed by atoms with E-state index in [1.54, 1.807) is 0 Å². The number of fused-ring (bicyclic) bond motifs is 1. The van der Waals surface area contributed by atoms with Crippen LogP contribution in [0.3, 0.4) is 0 Å². The van der Waals surface area contributed by atoms with Gasteiger partial charge in [0, 0.05) is 18.4 Å². The van der Waals surface area contributed by atoms with Crippen molar-refractivity contribution in [2.24, 2.45) is 0 Å². The Hall–Kier alpha value is -3.06. The topological polar surface area (TPSA) is 3.24 Å². The molecule has 0 bridgehead atoms. The number of hydrogen-bond donors (Lipinski definition) is 0. The first kappa shape index (κ1) is 14.5. The SMILES string of the molecule is CN(c1ccccc1)c1cccc(-c2ccc3ccccc3c2)c1. The van der Waals surface area contributed by atoms with Gasteiger partial charge in [-0.15, -0.1) is 0 Å². The fourth-order valence-corrected chi connectivity index (χ4v) is 3.06. The smallest absolute Gasteiger partial charge is 0.0414 e. The molecule has 4 aromatic rings. The van der Waals surface area contributed by atoms with Crippen LogP contribution in [0, 0.1) is 0 Å². The lowest BCUT2D eigenvalue weighted by atomic mass is 10.0. The van der Waals surface area contributed by atoms with Crippen LogP contribution in [-0.2, 0) is 0 Å². The number of para-hydroxylation sites is 1. The number of hydrogen-bond acceptors (Lipinski definition) is 1. The molecule has 4 rings (SSSR count). The van der Waals surface area contributed by atoms with Crippen LogP contribution in [0.25, 0.3) is 21.9 Å². The Balaban J connectivity index is 1.73. The van der Waals surface area contributed by atoms with Crippen LogP contribution in [0.15, 0.2) is 97.1 Å². The second-order valence-corrected chi connectivity index (χ2v) is 6.01. The fourth-order valence-electron chi connectivity index (χ4n) is 3.06. The summed E-state index contributed by atoms with van der Waals surface area (Å²) in [5.74, 6) is 0. The van der Waals surface area contributed by atoms with Crippen molar-refractivity contribution < 1.29 is 0 Å². The second kappa shape index (κ2) is 6.21. The lowest BCUT2D eigenvalue weighted by Gasteiger charge is -2.20. The number of anilines is 2. The summed E-state index contributed by atoms with van der Waals surface area (Å²) in [7, 11) is 2.11. The van der Waals surface area contributed by atoms with E-state index in [9.17, 15) is 0 Å². The van der Waals surface area contributed by atoms with Gasteiger partial charge in [-0.1, -0.05) is 66.7 Å². The Kier molecular flexibility index (Phi) is 3.76. The maximum Gasteiger partial charge on any atom is 0.0414 e. The molecule has 0 amide bonds. The highest BCUT2D eigenvalue weighted by Gasteiger charge is 2.06. The minimum absolute atomic E-state index is 1.19. The molecule has 4 aromatic carbocycles. The lowest BCUT2D eigenvalue weighted by Crippen LogP contribution is -2.08. The fraction of sp³-hybridized carbons (Fsp3) is 0.0435. The molecule has 0 heterocycles. The van der Waals surface area contributed by atoms with E-state index >= 15 is 0 Å². The average Bonchev–Trinajstić information content (AvgIpc) is 2.68. The first-order valence-corrected chi connectivity index (χ1v) is 8.19. The molecule has 0 aliphatic carbocycles. The van der Waals surface area contributed by atoms with E-state index in [1.807, 2.05) is 6.07 Å². The number of nitrogens with zero attached hydrogens (tertiary/aromatic N) is 1. The Morgan fingerprint density at radius 3 is 2.00 bits per heavy atom. The molecule has 0 saturated heterocycles. The van der Waals surface area contributed by atoms with Gasteiger partial charge in [0.25, 0.3) is 0 Å². The average molecular weight is 309 g/mol. The summed E-state index contributed by atoms with van der Waals surface area (Å²) in [5.41, 5.74) is 4.86. The zero-order valence-electron chi connectivity index (χ0n) is 13.7. The minimum atomic E-state index is 1.19. The molecule has 0 radical (unpaired) electrons. The minimum Gasteiger partial charge on any atom is -0.345 e. The molecule has 0 spiro atoms. The zero-order chi connectivity index (χ0) is 16.4. The van der Waals surface area contributed by atoms with Gasteiger partial charge in [-0.3, -0.25) is 0 Å². The third-order valence-electron chi connectivity index (χ3n) is 4.46. The van der Waals surface area contributed by atoms with Crippen molar-refractivity contribution in [3.8, 4) is 11.1 Å². The summed E-state index contributed by atoms with van der Waals surface area (Å²) in [6, 6.07) is 34.3. The summed E-state index contributed by atoms with van der Waals surface area (Å²) in [6.45, 7) is 0. The quantitative estimate of drug-likeness (QED) is 0.431. The largest absolute Gasteiger partial charge is 0.345 e. The summed E-state index contributed by atoms with van der Waals surface area (Å²) in [6.07, 6.45) is 0. The van der Waals surface area contributed by atoms with Gasteiger partial charge in [-0.05, 0) is 52.2 Å². The van der Waals surface area contributed by atoms with E-state index in [-0.39, 0.29) is 0 Å². The highest BCUT2D eigenvalue weighted by atomic mass is 15.1. The van der Waals surface area contributed by atoms with Crippen molar-refractivity contribution in [2.45, 2.75) is 0 Å². The Morgan fingerprint density at radius 2 is 1.17 bits per heavy atom. The van der Waals surface area contributed by atoms with Crippen molar-refractivity contribution in [3.05, 3.63) is 97.1 Å². The molecule has 0 aliphatic heterocycles. The molecule has 24 heavy (non-hydrogen) atoms. The van der Waals surface area contributed by atoms with E-state index in [2.05, 4.69) is 103 Å². The van der Waals surface area contributed by atoms with Crippen LogP contribution in [0.2, 0.25) is 0 Å². The Morgan fingerprint density at radius 1 is 0.500 bits per heavy atom. The van der Waals surface area contributed by atoms with Crippen molar-refractivity contribution in [1.29, 1.82) is 0 Å². The van der Waals surface area contributed by atoms with Gasteiger partial charge in [0.15, 0.2) is 0 Å². The maximum atomic E-state index is 2.26. The van der Waals surface area contributed by atoms with Crippen LogP contribution < -0.4 is 4.90 Å². The lowest BCUT2D eigenvalue weighted by molar-refractivity contribution is 1.21. The van der Waals surface area contributed by atoms with Crippen LogP contribution in [0.5, 0.6) is 0 Å². The molecule has 0 aliphatic rings. The van der Waals surface area contributed by atoms with Crippen molar-refractivity contribution in [2.75, 3.05) is 11.9 Å². The summed E-state index contributed by atoms with van der Waals surface area (Å²) >= 11 is 0. The van der Waals surface area contributed by atoms with E-state index in [0.717, 1.165) is 0 Å². The van der Waals surface area contributed by atoms with E-state index in [0.29, 0.717) is 0 Å². The summed E-state index contributed by atoms with van der Waals surface area (Å²) in [4.78, 5) is 2.21. The van der Waals surface area contributed by atoms with Crippen LogP contribution in [-0.4, -0.2) is 7.05 Å². The van der Waals surface area contributed by atoms with Gasteiger partial charge in [-0.25, -0.2) is 0 Å². The Labute approximate surface area is 142 Å². The van der Waals surface area contributed by atoms with Crippen molar-refractivity contribution >= 4 is 22.1 Å². The van der Waals surface area contributed by atoms with Crippen LogP contribution in [0.4, 0.5) is 11.4 Å². The third kappa shape index (κ3) is 2.77. The molecular weight excluding hydrogens is 290 g/mol. The summed E-state index contributed by atoms with van der Waals surface area (Å²) < 4.78 is 0. The Bertz CT molecular complexity index is 973. The van der Waals surface area contributed by atoms with Gasteiger partial charge < -0.3 is 4.90 Å². The molecular formula is C23H19N. The van der Waals surface area contributed by atoms with E-state index in [1.165, 1.54) is 33.3 Å². The monoisotopic (exact) mass is 309 g/mol. The van der Waals surface area contributed by atoms with Crippen molar-refractivity contribution in [1.82, 2.24) is 0 Å². The van der Waals surface area contributed by atoms with Crippen LogP contribution in [0.1, 0.15) is 0 Å². The van der Waals surface area contributed by atoms with Crippen LogP contribution >= 0.6 is 0 Å². The number of rotatable bonds is 3. The van der Waals surface area contributed by atoms with E-state index < -0.39 is 0 Å². The molecule has 0 saturated carbocycles.